The first-order chi connectivity index (χ1) is 13.2. The summed E-state index contributed by atoms with van der Waals surface area (Å²) in [7, 11) is 0. The number of hydrogen-bond donors (Lipinski definition) is 0. The highest BCUT2D eigenvalue weighted by atomic mass is 32.2. The van der Waals surface area contributed by atoms with Gasteiger partial charge in [-0.15, -0.1) is 10.2 Å². The maximum Gasteiger partial charge on any atom is 0.336 e. The molecule has 4 rings (SSSR count). The lowest BCUT2D eigenvalue weighted by molar-refractivity contribution is 0.559. The Hall–Kier alpha value is -2.80. The Morgan fingerprint density at radius 1 is 1.15 bits per heavy atom. The van der Waals surface area contributed by atoms with Gasteiger partial charge in [-0.1, -0.05) is 30.8 Å². The molecule has 3 heterocycles. The van der Waals surface area contributed by atoms with Crippen molar-refractivity contribution in [3.05, 3.63) is 64.2 Å². The maximum absolute atomic E-state index is 12.0. The largest absolute Gasteiger partial charge is 0.461 e. The number of rotatable bonds is 6. The molecule has 0 atom stereocenters. The van der Waals surface area contributed by atoms with E-state index in [1.54, 1.807) is 24.1 Å². The van der Waals surface area contributed by atoms with Crippen molar-refractivity contribution >= 4 is 22.7 Å². The first-order valence-corrected chi connectivity index (χ1v) is 9.83. The molecule has 0 unspecified atom stereocenters. The van der Waals surface area contributed by atoms with E-state index in [2.05, 4.69) is 23.2 Å². The zero-order valence-electron chi connectivity index (χ0n) is 15.1. The summed E-state index contributed by atoms with van der Waals surface area (Å²) in [6.45, 7) is 4.84. The van der Waals surface area contributed by atoms with Crippen LogP contribution in [-0.2, 0) is 18.7 Å². The van der Waals surface area contributed by atoms with Crippen LogP contribution in [0.5, 0.6) is 0 Å². The summed E-state index contributed by atoms with van der Waals surface area (Å²) in [5, 5.41) is 10.3. The number of hydrogen-bond acceptors (Lipinski definition) is 6. The van der Waals surface area contributed by atoms with Gasteiger partial charge in [-0.25, -0.2) is 4.79 Å². The van der Waals surface area contributed by atoms with Crippen molar-refractivity contribution in [1.29, 1.82) is 0 Å². The van der Waals surface area contributed by atoms with Crippen molar-refractivity contribution in [3.63, 3.8) is 0 Å². The summed E-state index contributed by atoms with van der Waals surface area (Å²) in [5.74, 6) is 1.99. The second kappa shape index (κ2) is 7.44. The second-order valence-corrected chi connectivity index (χ2v) is 7.03. The minimum atomic E-state index is -0.334. The summed E-state index contributed by atoms with van der Waals surface area (Å²) in [6.07, 6.45) is 2.52. The number of furan rings is 1. The van der Waals surface area contributed by atoms with Gasteiger partial charge in [-0.3, -0.25) is 4.57 Å². The van der Waals surface area contributed by atoms with Gasteiger partial charge in [0.05, 0.1) is 6.26 Å². The SMILES string of the molecule is CCc1ccc2c(CSc3nnc(-c4ccco4)n3CC)cc(=O)oc2c1. The van der Waals surface area contributed by atoms with Crippen LogP contribution in [0, 0.1) is 0 Å². The van der Waals surface area contributed by atoms with Crippen molar-refractivity contribution in [2.45, 2.75) is 37.7 Å². The zero-order chi connectivity index (χ0) is 18.8. The summed E-state index contributed by atoms with van der Waals surface area (Å²) < 4.78 is 12.8. The third-order valence-corrected chi connectivity index (χ3v) is 5.45. The molecule has 27 heavy (non-hydrogen) atoms. The van der Waals surface area contributed by atoms with E-state index in [1.165, 1.54) is 0 Å². The highest BCUT2D eigenvalue weighted by Gasteiger charge is 2.16. The van der Waals surface area contributed by atoms with E-state index in [9.17, 15) is 4.79 Å². The molecule has 1 aromatic carbocycles. The molecule has 0 saturated heterocycles. The molecular weight excluding hydrogens is 362 g/mol. The van der Waals surface area contributed by atoms with Crippen molar-refractivity contribution < 1.29 is 8.83 Å². The fraction of sp³-hybridized carbons (Fsp3) is 0.250. The summed E-state index contributed by atoms with van der Waals surface area (Å²) in [4.78, 5) is 12.0. The number of thioether (sulfide) groups is 1. The Kier molecular flexibility index (Phi) is 4.85. The number of benzene rings is 1. The molecule has 4 aromatic rings. The van der Waals surface area contributed by atoms with Gasteiger partial charge >= 0.3 is 5.63 Å². The fourth-order valence-corrected chi connectivity index (χ4v) is 4.02. The van der Waals surface area contributed by atoms with E-state index in [-0.39, 0.29) is 5.63 Å². The average Bonchev–Trinajstić information content (AvgIpc) is 3.34. The number of fused-ring (bicyclic) bond motifs is 1. The first kappa shape index (κ1) is 17.6. The van der Waals surface area contributed by atoms with Crippen LogP contribution in [0.2, 0.25) is 0 Å². The molecule has 0 amide bonds. The number of nitrogens with zero attached hydrogens (tertiary/aromatic N) is 3. The van der Waals surface area contributed by atoms with Gasteiger partial charge in [0.2, 0.25) is 0 Å². The molecule has 0 aliphatic carbocycles. The van der Waals surface area contributed by atoms with Gasteiger partial charge < -0.3 is 8.83 Å². The molecule has 7 heteroatoms. The summed E-state index contributed by atoms with van der Waals surface area (Å²) in [6, 6.07) is 11.3. The third-order valence-electron chi connectivity index (χ3n) is 4.43. The van der Waals surface area contributed by atoms with Gasteiger partial charge in [0.15, 0.2) is 16.7 Å². The topological polar surface area (TPSA) is 74.1 Å². The fourth-order valence-electron chi connectivity index (χ4n) is 3.02. The predicted octanol–water partition coefficient (Wildman–Crippen LogP) is 4.52. The van der Waals surface area contributed by atoms with Crippen LogP contribution in [0.4, 0.5) is 0 Å². The van der Waals surface area contributed by atoms with E-state index in [4.69, 9.17) is 8.83 Å². The van der Waals surface area contributed by atoms with Gasteiger partial charge in [0, 0.05) is 23.8 Å². The van der Waals surface area contributed by atoms with E-state index in [0.717, 1.165) is 34.6 Å². The van der Waals surface area contributed by atoms with Gasteiger partial charge in [0.1, 0.15) is 5.58 Å². The molecular formula is C20H19N3O3S. The normalized spacial score (nSPS) is 11.3. The summed E-state index contributed by atoms with van der Waals surface area (Å²) >= 11 is 1.54. The van der Waals surface area contributed by atoms with Crippen LogP contribution in [0.3, 0.4) is 0 Å². The zero-order valence-corrected chi connectivity index (χ0v) is 16.0. The minimum absolute atomic E-state index is 0.334. The average molecular weight is 381 g/mol. The smallest absolute Gasteiger partial charge is 0.336 e. The highest BCUT2D eigenvalue weighted by Crippen LogP contribution is 2.29. The predicted molar refractivity (Wildman–Crippen MR) is 105 cm³/mol. The molecule has 138 valence electrons. The van der Waals surface area contributed by atoms with Crippen LogP contribution >= 0.6 is 11.8 Å². The van der Waals surface area contributed by atoms with Crippen LogP contribution < -0.4 is 5.63 Å². The highest BCUT2D eigenvalue weighted by molar-refractivity contribution is 7.98. The maximum atomic E-state index is 12.0. The number of aryl methyl sites for hydroxylation is 1. The third kappa shape index (κ3) is 3.42. The summed E-state index contributed by atoms with van der Waals surface area (Å²) in [5.41, 5.74) is 2.37. The van der Waals surface area contributed by atoms with Crippen LogP contribution in [0.15, 0.2) is 61.4 Å². The molecule has 0 radical (unpaired) electrons. The van der Waals surface area contributed by atoms with E-state index in [1.807, 2.05) is 35.8 Å². The van der Waals surface area contributed by atoms with Crippen molar-refractivity contribution in [3.8, 4) is 11.6 Å². The molecule has 0 aliphatic rings. The van der Waals surface area contributed by atoms with Crippen LogP contribution in [-0.4, -0.2) is 14.8 Å². The van der Waals surface area contributed by atoms with E-state index >= 15 is 0 Å². The molecule has 0 N–H and O–H groups in total. The van der Waals surface area contributed by atoms with Gasteiger partial charge in [0.25, 0.3) is 0 Å². The molecule has 6 nitrogen and oxygen atoms in total. The van der Waals surface area contributed by atoms with Gasteiger partial charge in [-0.2, -0.15) is 0 Å². The molecule has 0 aliphatic heterocycles. The molecule has 0 spiro atoms. The van der Waals surface area contributed by atoms with E-state index < -0.39 is 0 Å². The van der Waals surface area contributed by atoms with Crippen molar-refractivity contribution in [2.75, 3.05) is 0 Å². The second-order valence-electron chi connectivity index (χ2n) is 6.09. The Morgan fingerprint density at radius 2 is 2.04 bits per heavy atom. The molecule has 0 bridgehead atoms. The minimum Gasteiger partial charge on any atom is -0.461 e. The Balaban J connectivity index is 1.65. The molecule has 0 saturated carbocycles. The lowest BCUT2D eigenvalue weighted by Gasteiger charge is -2.08. The van der Waals surface area contributed by atoms with Crippen molar-refractivity contribution in [1.82, 2.24) is 14.8 Å². The lowest BCUT2D eigenvalue weighted by Crippen LogP contribution is -2.02. The monoisotopic (exact) mass is 381 g/mol. The van der Waals surface area contributed by atoms with Crippen molar-refractivity contribution in [2.24, 2.45) is 0 Å². The van der Waals surface area contributed by atoms with Crippen LogP contribution in [0.1, 0.15) is 25.0 Å². The Bertz CT molecular complexity index is 1130. The molecule has 0 fully saturated rings. The molecule has 3 aromatic heterocycles. The van der Waals surface area contributed by atoms with Gasteiger partial charge in [-0.05, 0) is 42.7 Å². The first-order valence-electron chi connectivity index (χ1n) is 8.85. The van der Waals surface area contributed by atoms with Crippen LogP contribution in [0.25, 0.3) is 22.6 Å². The lowest BCUT2D eigenvalue weighted by atomic mass is 10.1. The quantitative estimate of drug-likeness (QED) is 0.361. The Labute approximate surface area is 160 Å². The standard InChI is InChI=1S/C20H19N3O3S/c1-3-13-7-8-15-14(11-18(24)26-17(15)10-13)12-27-20-22-21-19(23(20)4-2)16-6-5-9-25-16/h5-11H,3-4,12H2,1-2H3. The Morgan fingerprint density at radius 3 is 2.78 bits per heavy atom. The van der Waals surface area contributed by atoms with E-state index in [0.29, 0.717) is 22.9 Å². The number of aromatic nitrogens is 3.